The van der Waals surface area contributed by atoms with E-state index in [1.165, 1.54) is 0 Å². The lowest BCUT2D eigenvalue weighted by molar-refractivity contribution is -0.150. The Balaban J connectivity index is 1.98. The minimum Gasteiger partial charge on any atom is -0.481 e. The number of nitrogens with zero attached hydrogens (tertiary/aromatic N) is 5. The van der Waals surface area contributed by atoms with Crippen molar-refractivity contribution in [2.45, 2.75) is 20.3 Å². The third-order valence-electron chi connectivity index (χ3n) is 4.33. The van der Waals surface area contributed by atoms with Crippen LogP contribution in [0.25, 0.3) is 5.65 Å². The Kier molecular flexibility index (Phi) is 2.84. The van der Waals surface area contributed by atoms with E-state index < -0.39 is 11.4 Å². The number of aromatic nitrogens is 4. The fourth-order valence-electron chi connectivity index (χ4n) is 2.88. The van der Waals surface area contributed by atoms with E-state index in [1.54, 1.807) is 23.1 Å². The van der Waals surface area contributed by atoms with E-state index in [-0.39, 0.29) is 5.92 Å². The molecule has 0 amide bonds. The SMILES string of the molecule is CC(C)C1(C(=O)O)CCN(c2nccn3cnnc23)C1. The Morgan fingerprint density at radius 2 is 2.30 bits per heavy atom. The van der Waals surface area contributed by atoms with Gasteiger partial charge in [-0.1, -0.05) is 13.8 Å². The van der Waals surface area contributed by atoms with E-state index in [9.17, 15) is 9.90 Å². The van der Waals surface area contributed by atoms with Crippen molar-refractivity contribution in [2.75, 3.05) is 18.0 Å². The van der Waals surface area contributed by atoms with Gasteiger partial charge in [-0.3, -0.25) is 9.20 Å². The van der Waals surface area contributed by atoms with Crippen LogP contribution in [0.2, 0.25) is 0 Å². The van der Waals surface area contributed by atoms with Crippen LogP contribution in [0.3, 0.4) is 0 Å². The maximum atomic E-state index is 11.7. The Bertz CT molecular complexity index is 653. The van der Waals surface area contributed by atoms with Crippen molar-refractivity contribution in [2.24, 2.45) is 11.3 Å². The highest BCUT2D eigenvalue weighted by Gasteiger charge is 2.48. The summed E-state index contributed by atoms with van der Waals surface area (Å²) < 4.78 is 1.79. The molecule has 3 heterocycles. The first kappa shape index (κ1) is 12.8. The summed E-state index contributed by atoms with van der Waals surface area (Å²) in [6.07, 6.45) is 5.70. The number of anilines is 1. The molecule has 1 N–H and O–H groups in total. The van der Waals surface area contributed by atoms with Crippen LogP contribution >= 0.6 is 0 Å². The van der Waals surface area contributed by atoms with Crippen molar-refractivity contribution in [1.82, 2.24) is 19.6 Å². The van der Waals surface area contributed by atoms with Crippen molar-refractivity contribution >= 4 is 17.4 Å². The normalized spacial score (nSPS) is 22.9. The van der Waals surface area contributed by atoms with Gasteiger partial charge in [-0.25, -0.2) is 4.98 Å². The Labute approximate surface area is 116 Å². The zero-order valence-corrected chi connectivity index (χ0v) is 11.5. The number of fused-ring (bicyclic) bond motifs is 1. The van der Waals surface area contributed by atoms with Crippen molar-refractivity contribution < 1.29 is 9.90 Å². The summed E-state index contributed by atoms with van der Waals surface area (Å²) >= 11 is 0. The summed E-state index contributed by atoms with van der Waals surface area (Å²) in [4.78, 5) is 18.0. The maximum absolute atomic E-state index is 11.7. The average molecular weight is 275 g/mol. The predicted octanol–water partition coefficient (Wildman–Crippen LogP) is 1.06. The molecule has 20 heavy (non-hydrogen) atoms. The second kappa shape index (κ2) is 4.43. The highest BCUT2D eigenvalue weighted by atomic mass is 16.4. The van der Waals surface area contributed by atoms with Gasteiger partial charge in [0.2, 0.25) is 5.65 Å². The molecule has 0 aromatic carbocycles. The number of rotatable bonds is 3. The second-order valence-electron chi connectivity index (χ2n) is 5.60. The summed E-state index contributed by atoms with van der Waals surface area (Å²) in [5.74, 6) is 0.0415. The van der Waals surface area contributed by atoms with Gasteiger partial charge >= 0.3 is 5.97 Å². The second-order valence-corrected chi connectivity index (χ2v) is 5.60. The lowest BCUT2D eigenvalue weighted by atomic mass is 9.76. The summed E-state index contributed by atoms with van der Waals surface area (Å²) in [5.41, 5.74) is -0.0495. The molecule has 2 aromatic heterocycles. The van der Waals surface area contributed by atoms with Crippen LogP contribution in [0.5, 0.6) is 0 Å². The number of hydrogen-bond donors (Lipinski definition) is 1. The molecule has 7 nitrogen and oxygen atoms in total. The van der Waals surface area contributed by atoms with Gasteiger partial charge in [0.15, 0.2) is 5.82 Å². The zero-order chi connectivity index (χ0) is 14.3. The topological polar surface area (TPSA) is 83.6 Å². The summed E-state index contributed by atoms with van der Waals surface area (Å²) in [6, 6.07) is 0. The van der Waals surface area contributed by atoms with Crippen LogP contribution in [0.15, 0.2) is 18.7 Å². The van der Waals surface area contributed by atoms with E-state index >= 15 is 0 Å². The first-order valence-electron chi connectivity index (χ1n) is 6.67. The largest absolute Gasteiger partial charge is 0.481 e. The molecule has 1 unspecified atom stereocenters. The molecule has 1 aliphatic heterocycles. The van der Waals surface area contributed by atoms with Crippen LogP contribution in [-0.2, 0) is 4.79 Å². The Morgan fingerprint density at radius 3 is 2.95 bits per heavy atom. The molecule has 2 aromatic rings. The van der Waals surface area contributed by atoms with Gasteiger partial charge in [0.05, 0.1) is 5.41 Å². The van der Waals surface area contributed by atoms with Crippen LogP contribution in [0, 0.1) is 11.3 Å². The van der Waals surface area contributed by atoms with E-state index in [0.29, 0.717) is 31.0 Å². The molecule has 1 aliphatic rings. The van der Waals surface area contributed by atoms with Gasteiger partial charge in [0.1, 0.15) is 6.33 Å². The van der Waals surface area contributed by atoms with Gasteiger partial charge in [-0.15, -0.1) is 10.2 Å². The molecule has 0 saturated carbocycles. The predicted molar refractivity (Wildman–Crippen MR) is 72.5 cm³/mol. The molecular weight excluding hydrogens is 258 g/mol. The van der Waals surface area contributed by atoms with Crippen LogP contribution in [-0.4, -0.2) is 43.7 Å². The Morgan fingerprint density at radius 1 is 1.50 bits per heavy atom. The van der Waals surface area contributed by atoms with Crippen molar-refractivity contribution in [3.63, 3.8) is 0 Å². The molecule has 106 valence electrons. The molecule has 1 atom stereocenters. The number of carboxylic acid groups (broad SMARTS) is 1. The third-order valence-corrected chi connectivity index (χ3v) is 4.33. The lowest BCUT2D eigenvalue weighted by Gasteiger charge is -2.28. The molecule has 3 rings (SSSR count). The maximum Gasteiger partial charge on any atom is 0.311 e. The molecule has 1 fully saturated rings. The van der Waals surface area contributed by atoms with E-state index in [4.69, 9.17) is 0 Å². The molecule has 0 aliphatic carbocycles. The van der Waals surface area contributed by atoms with Gasteiger partial charge in [-0.05, 0) is 12.3 Å². The quantitative estimate of drug-likeness (QED) is 0.901. The van der Waals surface area contributed by atoms with Gasteiger partial charge in [0.25, 0.3) is 0 Å². The monoisotopic (exact) mass is 275 g/mol. The van der Waals surface area contributed by atoms with E-state index in [0.717, 1.165) is 0 Å². The minimum atomic E-state index is -0.733. The smallest absolute Gasteiger partial charge is 0.311 e. The van der Waals surface area contributed by atoms with Crippen molar-refractivity contribution in [1.29, 1.82) is 0 Å². The fraction of sp³-hybridized carbons (Fsp3) is 0.538. The van der Waals surface area contributed by atoms with Crippen LogP contribution in [0.4, 0.5) is 5.82 Å². The molecule has 0 spiro atoms. The molecule has 0 bridgehead atoms. The summed E-state index contributed by atoms with van der Waals surface area (Å²) in [5, 5.41) is 17.5. The summed E-state index contributed by atoms with van der Waals surface area (Å²) in [6.45, 7) is 5.05. The number of carbonyl (C=O) groups is 1. The first-order chi connectivity index (χ1) is 9.54. The number of aliphatic carboxylic acids is 1. The standard InChI is InChI=1S/C13H17N5O2/c1-9(2)13(12(19)20)3-5-17(7-13)10-11-16-15-8-18(11)6-4-14-10/h4,6,8-9H,3,5,7H2,1-2H3,(H,19,20). The minimum absolute atomic E-state index is 0.0719. The van der Waals surface area contributed by atoms with Crippen molar-refractivity contribution in [3.05, 3.63) is 18.7 Å². The van der Waals surface area contributed by atoms with Crippen LogP contribution in [0.1, 0.15) is 20.3 Å². The molecule has 7 heteroatoms. The number of carboxylic acids is 1. The fourth-order valence-corrected chi connectivity index (χ4v) is 2.88. The lowest BCUT2D eigenvalue weighted by Crippen LogP contribution is -2.39. The van der Waals surface area contributed by atoms with Crippen molar-refractivity contribution in [3.8, 4) is 0 Å². The highest BCUT2D eigenvalue weighted by molar-refractivity contribution is 5.78. The average Bonchev–Trinajstić information content (AvgIpc) is 3.05. The van der Waals surface area contributed by atoms with Gasteiger partial charge in [-0.2, -0.15) is 0 Å². The third kappa shape index (κ3) is 1.73. The van der Waals surface area contributed by atoms with Gasteiger partial charge in [0, 0.05) is 25.5 Å². The van der Waals surface area contributed by atoms with E-state index in [2.05, 4.69) is 15.2 Å². The number of hydrogen-bond acceptors (Lipinski definition) is 5. The first-order valence-corrected chi connectivity index (χ1v) is 6.67. The molecule has 0 radical (unpaired) electrons. The summed E-state index contributed by atoms with van der Waals surface area (Å²) in [7, 11) is 0. The van der Waals surface area contributed by atoms with Gasteiger partial charge < -0.3 is 10.0 Å². The zero-order valence-electron chi connectivity index (χ0n) is 11.5. The van der Waals surface area contributed by atoms with Crippen LogP contribution < -0.4 is 4.90 Å². The highest BCUT2D eigenvalue weighted by Crippen LogP contribution is 2.40. The molecule has 1 saturated heterocycles. The molecular formula is C13H17N5O2. The Hall–Kier alpha value is -2.18. The van der Waals surface area contributed by atoms with E-state index in [1.807, 2.05) is 18.7 Å².